The van der Waals surface area contributed by atoms with Gasteiger partial charge in [0, 0.05) is 32.7 Å². The third kappa shape index (κ3) is 8.27. The number of methoxy groups -OCH3 is 1. The summed E-state index contributed by atoms with van der Waals surface area (Å²) in [6.45, 7) is 9.63. The zero-order chi connectivity index (χ0) is 16.4. The lowest BCUT2D eigenvalue weighted by Crippen LogP contribution is -2.38. The van der Waals surface area contributed by atoms with Crippen molar-refractivity contribution in [3.8, 4) is 0 Å². The number of hydrogen-bond donors (Lipinski definition) is 1. The van der Waals surface area contributed by atoms with E-state index in [1.807, 2.05) is 20.9 Å². The van der Waals surface area contributed by atoms with Crippen LogP contribution in [-0.2, 0) is 16.0 Å². The Kier molecular flexibility index (Phi) is 12.7. The minimum Gasteiger partial charge on any atom is -0.380 e. The molecule has 1 rings (SSSR count). The minimum atomic E-state index is 0. The van der Waals surface area contributed by atoms with Crippen molar-refractivity contribution in [2.75, 3.05) is 40.5 Å². The maximum absolute atomic E-state index is 5.32. The summed E-state index contributed by atoms with van der Waals surface area (Å²) in [7, 11) is 3.72. The highest BCUT2D eigenvalue weighted by atomic mass is 127. The van der Waals surface area contributed by atoms with E-state index in [2.05, 4.69) is 32.5 Å². The topological polar surface area (TPSA) is 59.0 Å². The van der Waals surface area contributed by atoms with Gasteiger partial charge in [0.25, 0.3) is 0 Å². The van der Waals surface area contributed by atoms with Crippen LogP contribution in [0, 0.1) is 0 Å². The summed E-state index contributed by atoms with van der Waals surface area (Å²) in [4.78, 5) is 11.3. The summed E-state index contributed by atoms with van der Waals surface area (Å²) in [5.74, 6) is 0.872. The molecule has 0 amide bonds. The van der Waals surface area contributed by atoms with Crippen molar-refractivity contribution < 1.29 is 9.47 Å². The highest BCUT2D eigenvalue weighted by molar-refractivity contribution is 14.0. The van der Waals surface area contributed by atoms with Crippen molar-refractivity contribution in [3.63, 3.8) is 0 Å². The summed E-state index contributed by atoms with van der Waals surface area (Å²) in [5.41, 5.74) is 1.03. The second kappa shape index (κ2) is 12.9. The van der Waals surface area contributed by atoms with Gasteiger partial charge in [-0.3, -0.25) is 4.99 Å². The average molecular weight is 456 g/mol. The molecule has 1 atom stereocenters. The van der Waals surface area contributed by atoms with E-state index < -0.39 is 0 Å². The summed E-state index contributed by atoms with van der Waals surface area (Å²) >= 11 is 1.63. The third-order valence-electron chi connectivity index (χ3n) is 3.07. The van der Waals surface area contributed by atoms with Gasteiger partial charge in [0.15, 0.2) is 5.96 Å². The molecule has 0 saturated carbocycles. The van der Waals surface area contributed by atoms with E-state index in [9.17, 15) is 0 Å². The van der Waals surface area contributed by atoms with Gasteiger partial charge < -0.3 is 19.7 Å². The van der Waals surface area contributed by atoms with E-state index >= 15 is 0 Å². The number of ether oxygens (including phenoxy) is 2. The predicted molar refractivity (Wildman–Crippen MR) is 107 cm³/mol. The van der Waals surface area contributed by atoms with Gasteiger partial charge in [-0.05, 0) is 20.8 Å². The third-order valence-corrected chi connectivity index (χ3v) is 4.12. The van der Waals surface area contributed by atoms with Crippen LogP contribution in [0.15, 0.2) is 10.4 Å². The van der Waals surface area contributed by atoms with Gasteiger partial charge in [0.1, 0.15) is 11.1 Å². The van der Waals surface area contributed by atoms with Crippen molar-refractivity contribution in [2.24, 2.45) is 4.99 Å². The summed E-state index contributed by atoms with van der Waals surface area (Å²) < 4.78 is 10.6. The molecule has 0 aliphatic rings. The first-order chi connectivity index (χ1) is 10.6. The fourth-order valence-corrected chi connectivity index (χ4v) is 2.67. The molecule has 134 valence electrons. The Balaban J connectivity index is 0.00000484. The van der Waals surface area contributed by atoms with Crippen LogP contribution in [0.1, 0.15) is 37.6 Å². The molecular weight excluding hydrogens is 427 g/mol. The van der Waals surface area contributed by atoms with Gasteiger partial charge >= 0.3 is 0 Å². The normalized spacial score (nSPS) is 12.7. The SMILES string of the molecule is CCNC(=NCCOCC)N(C)Cc1csc(C(C)OC)n1.I. The van der Waals surface area contributed by atoms with Crippen LogP contribution in [0.25, 0.3) is 0 Å². The largest absolute Gasteiger partial charge is 0.380 e. The molecule has 0 radical (unpaired) electrons. The van der Waals surface area contributed by atoms with Gasteiger partial charge in [-0.1, -0.05) is 0 Å². The molecule has 1 aromatic rings. The molecule has 0 aliphatic carbocycles. The van der Waals surface area contributed by atoms with Gasteiger partial charge in [0.2, 0.25) is 0 Å². The van der Waals surface area contributed by atoms with Gasteiger partial charge in [-0.25, -0.2) is 4.98 Å². The number of rotatable bonds is 9. The number of nitrogens with one attached hydrogen (secondary N) is 1. The molecule has 23 heavy (non-hydrogen) atoms. The first-order valence-corrected chi connectivity index (χ1v) is 8.54. The number of hydrogen-bond acceptors (Lipinski definition) is 5. The quantitative estimate of drug-likeness (QED) is 0.268. The van der Waals surface area contributed by atoms with E-state index in [1.54, 1.807) is 18.4 Å². The molecule has 1 N–H and O–H groups in total. The maximum Gasteiger partial charge on any atom is 0.194 e. The molecular formula is C15H29IN4O2S. The molecule has 1 aromatic heterocycles. The Bertz CT molecular complexity index is 456. The first kappa shape index (κ1) is 22.6. The number of aromatic nitrogens is 1. The molecule has 6 nitrogen and oxygen atoms in total. The lowest BCUT2D eigenvalue weighted by Gasteiger charge is -2.21. The number of nitrogens with zero attached hydrogens (tertiary/aromatic N) is 3. The minimum absolute atomic E-state index is 0. The molecule has 0 saturated heterocycles. The van der Waals surface area contributed by atoms with Crippen LogP contribution < -0.4 is 5.32 Å². The fourth-order valence-electron chi connectivity index (χ4n) is 1.83. The zero-order valence-corrected chi connectivity index (χ0v) is 17.8. The van der Waals surface area contributed by atoms with Crippen LogP contribution in [0.2, 0.25) is 0 Å². The van der Waals surface area contributed by atoms with E-state index in [1.165, 1.54) is 0 Å². The molecule has 0 bridgehead atoms. The molecule has 0 fully saturated rings. The van der Waals surface area contributed by atoms with Crippen molar-refractivity contribution in [1.29, 1.82) is 0 Å². The number of aliphatic imine (C=N–C) groups is 1. The lowest BCUT2D eigenvalue weighted by atomic mass is 10.4. The Hall–Kier alpha value is -0.450. The van der Waals surface area contributed by atoms with Crippen molar-refractivity contribution in [2.45, 2.75) is 33.4 Å². The first-order valence-electron chi connectivity index (χ1n) is 7.66. The smallest absolute Gasteiger partial charge is 0.194 e. The van der Waals surface area contributed by atoms with Gasteiger partial charge in [-0.2, -0.15) is 0 Å². The van der Waals surface area contributed by atoms with Crippen LogP contribution in [-0.4, -0.2) is 56.3 Å². The van der Waals surface area contributed by atoms with Gasteiger partial charge in [-0.15, -0.1) is 35.3 Å². The highest BCUT2D eigenvalue weighted by Crippen LogP contribution is 2.20. The Morgan fingerprint density at radius 3 is 2.83 bits per heavy atom. The molecule has 8 heteroatoms. The Labute approximate surface area is 160 Å². The second-order valence-corrected chi connectivity index (χ2v) is 5.73. The highest BCUT2D eigenvalue weighted by Gasteiger charge is 2.12. The fraction of sp³-hybridized carbons (Fsp3) is 0.733. The molecule has 0 aromatic carbocycles. The zero-order valence-electron chi connectivity index (χ0n) is 14.7. The van der Waals surface area contributed by atoms with Crippen LogP contribution in [0.4, 0.5) is 0 Å². The van der Waals surface area contributed by atoms with Crippen LogP contribution in [0.5, 0.6) is 0 Å². The van der Waals surface area contributed by atoms with Crippen LogP contribution >= 0.6 is 35.3 Å². The number of guanidine groups is 1. The molecule has 1 unspecified atom stereocenters. The lowest BCUT2D eigenvalue weighted by molar-refractivity contribution is 0.119. The summed E-state index contributed by atoms with van der Waals surface area (Å²) in [6.07, 6.45) is 0.0390. The summed E-state index contributed by atoms with van der Waals surface area (Å²) in [5, 5.41) is 6.37. The Morgan fingerprint density at radius 1 is 1.48 bits per heavy atom. The maximum atomic E-state index is 5.32. The number of thiazole rings is 1. The molecule has 0 aliphatic heterocycles. The van der Waals surface area contributed by atoms with Crippen LogP contribution in [0.3, 0.4) is 0 Å². The molecule has 1 heterocycles. The van der Waals surface area contributed by atoms with Crippen molar-refractivity contribution in [3.05, 3.63) is 16.1 Å². The summed E-state index contributed by atoms with van der Waals surface area (Å²) in [6, 6.07) is 0. The van der Waals surface area contributed by atoms with Crippen molar-refractivity contribution >= 4 is 41.3 Å². The second-order valence-electron chi connectivity index (χ2n) is 4.84. The predicted octanol–water partition coefficient (Wildman–Crippen LogP) is 2.90. The molecule has 0 spiro atoms. The number of halogens is 1. The van der Waals surface area contributed by atoms with Gasteiger partial charge in [0.05, 0.1) is 25.4 Å². The average Bonchev–Trinajstić information content (AvgIpc) is 2.98. The van der Waals surface area contributed by atoms with E-state index in [0.29, 0.717) is 19.7 Å². The van der Waals surface area contributed by atoms with E-state index in [0.717, 1.165) is 29.8 Å². The Morgan fingerprint density at radius 2 is 2.22 bits per heavy atom. The van der Waals surface area contributed by atoms with E-state index in [-0.39, 0.29) is 30.1 Å². The van der Waals surface area contributed by atoms with Crippen molar-refractivity contribution in [1.82, 2.24) is 15.2 Å². The van der Waals surface area contributed by atoms with E-state index in [4.69, 9.17) is 9.47 Å². The standard InChI is InChI=1S/C15H28N4O2S.HI/c1-6-16-15(17-8-9-21-7-2)19(4)10-13-11-22-14(18-13)12(3)20-5;/h11-12H,6-10H2,1-5H3,(H,16,17);1H. The monoisotopic (exact) mass is 456 g/mol.